The fourth-order valence-electron chi connectivity index (χ4n) is 5.12. The third kappa shape index (κ3) is 4.79. The lowest BCUT2D eigenvalue weighted by atomic mass is 9.71. The van der Waals surface area contributed by atoms with Crippen molar-refractivity contribution in [1.82, 2.24) is 5.32 Å². The predicted octanol–water partition coefficient (Wildman–Crippen LogP) is 6.15. The molecule has 1 heterocycles. The first-order valence-electron chi connectivity index (χ1n) is 11.9. The maximum atomic E-state index is 13.6. The molecule has 1 aliphatic carbocycles. The highest BCUT2D eigenvalue weighted by molar-refractivity contribution is 6.30. The fourth-order valence-corrected chi connectivity index (χ4v) is 5.24. The summed E-state index contributed by atoms with van der Waals surface area (Å²) in [5, 5.41) is 14.2. The summed E-state index contributed by atoms with van der Waals surface area (Å²) in [6, 6.07) is 23.8. The molecule has 5 nitrogen and oxygen atoms in total. The number of hydrogen-bond donors (Lipinski definition) is 2. The molecule has 0 radical (unpaired) electrons. The number of Topliss-reactive ketones (excluding diaryl/α,β-unsaturated/α-hetero) is 1. The Balaban J connectivity index is 1.51. The molecule has 0 unspecified atom stereocenters. The van der Waals surface area contributed by atoms with Gasteiger partial charge in [-0.25, -0.2) is 4.79 Å². The number of halogens is 1. The van der Waals surface area contributed by atoms with Gasteiger partial charge in [0.25, 0.3) is 0 Å². The summed E-state index contributed by atoms with van der Waals surface area (Å²) in [6.07, 6.45) is 0.949. The highest BCUT2D eigenvalue weighted by atomic mass is 35.5. The molecule has 2 atom stereocenters. The molecule has 0 aromatic heterocycles. The van der Waals surface area contributed by atoms with E-state index in [1.807, 2.05) is 67.6 Å². The SMILES string of the molecule is CC1=C(C(=O)OCc2ccccc2)[C@@H](c2cccc(O)c2)C2=C(C[C@@H](c3ccc(Cl)cc3)CC2=O)N1. The summed E-state index contributed by atoms with van der Waals surface area (Å²) < 4.78 is 5.69. The van der Waals surface area contributed by atoms with Crippen molar-refractivity contribution in [3.8, 4) is 5.75 Å². The van der Waals surface area contributed by atoms with E-state index in [2.05, 4.69) is 5.32 Å². The minimum atomic E-state index is -0.629. The van der Waals surface area contributed by atoms with Gasteiger partial charge in [0.1, 0.15) is 12.4 Å². The first-order valence-corrected chi connectivity index (χ1v) is 12.3. The van der Waals surface area contributed by atoms with Gasteiger partial charge in [0, 0.05) is 34.3 Å². The molecule has 0 fully saturated rings. The number of ketones is 1. The van der Waals surface area contributed by atoms with Gasteiger partial charge in [0.15, 0.2) is 5.78 Å². The predicted molar refractivity (Wildman–Crippen MR) is 138 cm³/mol. The van der Waals surface area contributed by atoms with E-state index in [0.29, 0.717) is 40.3 Å². The minimum absolute atomic E-state index is 0.00484. The number of allylic oxidation sites excluding steroid dienone is 3. The second-order valence-electron chi connectivity index (χ2n) is 9.23. The van der Waals surface area contributed by atoms with Crippen LogP contribution in [-0.4, -0.2) is 16.9 Å². The van der Waals surface area contributed by atoms with Gasteiger partial charge in [-0.15, -0.1) is 0 Å². The van der Waals surface area contributed by atoms with Crippen molar-refractivity contribution >= 4 is 23.4 Å². The Bertz CT molecular complexity index is 1380. The second kappa shape index (κ2) is 10.0. The van der Waals surface area contributed by atoms with Crippen LogP contribution in [0.3, 0.4) is 0 Å². The Hall–Kier alpha value is -3.83. The molecule has 0 saturated heterocycles. The summed E-state index contributed by atoms with van der Waals surface area (Å²) in [6.45, 7) is 1.96. The highest BCUT2D eigenvalue weighted by Crippen LogP contribution is 2.46. The summed E-state index contributed by atoms with van der Waals surface area (Å²) >= 11 is 6.06. The Labute approximate surface area is 215 Å². The van der Waals surface area contributed by atoms with Crippen LogP contribution in [0.2, 0.25) is 5.02 Å². The number of phenols is 1. The summed E-state index contributed by atoms with van der Waals surface area (Å²) in [5.74, 6) is -1.07. The van der Waals surface area contributed by atoms with E-state index in [4.69, 9.17) is 16.3 Å². The standard InChI is InChI=1S/C30H26ClNO4/c1-18-27(30(35)36-17-19-6-3-2-4-7-19)28(21-8-5-9-24(33)14-21)29-25(32-18)15-22(16-26(29)34)20-10-12-23(31)13-11-20/h2-14,22,28,32-33H,15-17H2,1H3/t22-,28-/m1/s1. The van der Waals surface area contributed by atoms with Gasteiger partial charge in [-0.2, -0.15) is 0 Å². The number of benzene rings is 3. The van der Waals surface area contributed by atoms with E-state index in [1.165, 1.54) is 0 Å². The highest BCUT2D eigenvalue weighted by Gasteiger charge is 2.41. The molecule has 182 valence electrons. The first kappa shape index (κ1) is 23.9. The number of nitrogens with one attached hydrogen (secondary N) is 1. The Morgan fingerprint density at radius 3 is 2.47 bits per heavy atom. The zero-order chi connectivity index (χ0) is 25.2. The van der Waals surface area contributed by atoms with Crippen molar-refractivity contribution in [2.45, 2.75) is 38.2 Å². The van der Waals surface area contributed by atoms with Gasteiger partial charge in [-0.1, -0.05) is 66.2 Å². The van der Waals surface area contributed by atoms with Crippen LogP contribution in [0.5, 0.6) is 5.75 Å². The maximum Gasteiger partial charge on any atom is 0.337 e. The van der Waals surface area contributed by atoms with Crippen LogP contribution in [0, 0.1) is 0 Å². The van der Waals surface area contributed by atoms with E-state index in [0.717, 1.165) is 16.8 Å². The maximum absolute atomic E-state index is 13.6. The van der Waals surface area contributed by atoms with Crippen LogP contribution in [0.1, 0.15) is 48.3 Å². The van der Waals surface area contributed by atoms with Gasteiger partial charge < -0.3 is 15.2 Å². The molecule has 0 bridgehead atoms. The first-order chi connectivity index (χ1) is 17.4. The van der Waals surface area contributed by atoms with Crippen molar-refractivity contribution in [2.24, 2.45) is 0 Å². The van der Waals surface area contributed by atoms with Crippen molar-refractivity contribution in [3.05, 3.63) is 123 Å². The summed E-state index contributed by atoms with van der Waals surface area (Å²) in [4.78, 5) is 27.1. The lowest BCUT2D eigenvalue weighted by Gasteiger charge is -2.36. The second-order valence-corrected chi connectivity index (χ2v) is 9.66. The van der Waals surface area contributed by atoms with E-state index in [1.54, 1.807) is 18.2 Å². The number of esters is 1. The quantitative estimate of drug-likeness (QED) is 0.412. The van der Waals surface area contributed by atoms with Crippen molar-refractivity contribution in [1.29, 1.82) is 0 Å². The Morgan fingerprint density at radius 1 is 1.00 bits per heavy atom. The Kier molecular flexibility index (Phi) is 6.66. The van der Waals surface area contributed by atoms with Crippen LogP contribution in [0.4, 0.5) is 0 Å². The largest absolute Gasteiger partial charge is 0.508 e. The number of carbonyl (C=O) groups is 2. The lowest BCUT2D eigenvalue weighted by Crippen LogP contribution is -2.36. The smallest absolute Gasteiger partial charge is 0.337 e. The van der Waals surface area contributed by atoms with Crippen molar-refractivity contribution in [3.63, 3.8) is 0 Å². The van der Waals surface area contributed by atoms with Crippen LogP contribution in [-0.2, 0) is 20.9 Å². The molecule has 3 aromatic rings. The number of dihydropyridines is 1. The van der Waals surface area contributed by atoms with Gasteiger partial charge in [-0.3, -0.25) is 4.79 Å². The molecule has 2 N–H and O–H groups in total. The Morgan fingerprint density at radius 2 is 1.75 bits per heavy atom. The number of rotatable bonds is 5. The zero-order valence-corrected chi connectivity index (χ0v) is 20.6. The number of aromatic hydroxyl groups is 1. The van der Waals surface area contributed by atoms with E-state index in [-0.39, 0.29) is 24.1 Å². The number of ether oxygens (including phenoxy) is 1. The molecule has 3 aromatic carbocycles. The monoisotopic (exact) mass is 499 g/mol. The molecule has 2 aliphatic rings. The molecule has 0 spiro atoms. The topological polar surface area (TPSA) is 75.6 Å². The van der Waals surface area contributed by atoms with Gasteiger partial charge >= 0.3 is 5.97 Å². The third-order valence-electron chi connectivity index (χ3n) is 6.81. The molecule has 1 aliphatic heterocycles. The summed E-state index contributed by atoms with van der Waals surface area (Å²) in [7, 11) is 0. The molecular formula is C30H26ClNO4. The molecule has 0 saturated carbocycles. The molecule has 36 heavy (non-hydrogen) atoms. The summed E-state index contributed by atoms with van der Waals surface area (Å²) in [5.41, 5.74) is 4.98. The van der Waals surface area contributed by atoms with Crippen molar-refractivity contribution in [2.75, 3.05) is 0 Å². The van der Waals surface area contributed by atoms with Crippen LogP contribution in [0.25, 0.3) is 0 Å². The average Bonchev–Trinajstić information content (AvgIpc) is 2.87. The van der Waals surface area contributed by atoms with Crippen LogP contribution in [0.15, 0.2) is 101 Å². The van der Waals surface area contributed by atoms with E-state index >= 15 is 0 Å². The lowest BCUT2D eigenvalue weighted by molar-refractivity contribution is -0.140. The number of phenolic OH excluding ortho intramolecular Hbond substituents is 1. The number of carbonyl (C=O) groups excluding carboxylic acids is 2. The zero-order valence-electron chi connectivity index (χ0n) is 19.8. The number of hydrogen-bond acceptors (Lipinski definition) is 5. The van der Waals surface area contributed by atoms with Gasteiger partial charge in [0.2, 0.25) is 0 Å². The van der Waals surface area contributed by atoms with E-state index in [9.17, 15) is 14.7 Å². The van der Waals surface area contributed by atoms with Crippen LogP contribution >= 0.6 is 11.6 Å². The van der Waals surface area contributed by atoms with Gasteiger partial charge in [-0.05, 0) is 60.2 Å². The van der Waals surface area contributed by atoms with Crippen LogP contribution < -0.4 is 5.32 Å². The normalized spacial score (nSPS) is 19.6. The molecule has 0 amide bonds. The minimum Gasteiger partial charge on any atom is -0.508 e. The molecule has 6 heteroatoms. The third-order valence-corrected chi connectivity index (χ3v) is 7.06. The van der Waals surface area contributed by atoms with Crippen molar-refractivity contribution < 1.29 is 19.4 Å². The fraction of sp³-hybridized carbons (Fsp3) is 0.200. The average molecular weight is 500 g/mol. The van der Waals surface area contributed by atoms with E-state index < -0.39 is 11.9 Å². The molecule has 5 rings (SSSR count). The van der Waals surface area contributed by atoms with Gasteiger partial charge in [0.05, 0.1) is 5.57 Å². The molecular weight excluding hydrogens is 474 g/mol.